The largest absolute Gasteiger partial charge is 0.308 e. The monoisotopic (exact) mass is 327 g/mol. The van der Waals surface area contributed by atoms with Gasteiger partial charge in [-0.3, -0.25) is 9.59 Å². The first kappa shape index (κ1) is 14.4. The second-order valence-corrected chi connectivity index (χ2v) is 7.29. The van der Waals surface area contributed by atoms with Crippen LogP contribution in [-0.2, 0) is 19.4 Å². The number of pyridine rings is 1. The fraction of sp³-hybridized carbons (Fsp3) is 0.353. The van der Waals surface area contributed by atoms with Crippen LogP contribution in [0.15, 0.2) is 34.0 Å². The number of aromatic nitrogens is 3. The van der Waals surface area contributed by atoms with Crippen LogP contribution in [0, 0.1) is 5.92 Å². The van der Waals surface area contributed by atoms with Gasteiger partial charge in [0.15, 0.2) is 0 Å². The van der Waals surface area contributed by atoms with Gasteiger partial charge in [0.25, 0.3) is 11.1 Å². The van der Waals surface area contributed by atoms with E-state index < -0.39 is 0 Å². The van der Waals surface area contributed by atoms with Crippen molar-refractivity contribution < 1.29 is 0 Å². The topological polar surface area (TPSA) is 67.8 Å². The van der Waals surface area contributed by atoms with E-state index in [1.807, 2.05) is 0 Å². The smallest absolute Gasteiger partial charge is 0.259 e. The molecule has 0 aromatic carbocycles. The van der Waals surface area contributed by atoms with Crippen LogP contribution in [0.1, 0.15) is 29.6 Å². The first-order valence-electron chi connectivity index (χ1n) is 7.80. The van der Waals surface area contributed by atoms with E-state index in [9.17, 15) is 9.59 Å². The third kappa shape index (κ3) is 2.53. The standard InChI is InChI=1S/C17H17N3O2S/c1-10-5-6-11-12(8-10)23-17-15(11)16(22)18-13(19-17)9-20-7-3-2-4-14(20)21/h2-4,7,10H,5-6,8-9H2,1H3,(H,18,19,22). The van der Waals surface area contributed by atoms with Gasteiger partial charge < -0.3 is 9.55 Å². The van der Waals surface area contributed by atoms with Crippen molar-refractivity contribution in [3.05, 3.63) is 61.4 Å². The van der Waals surface area contributed by atoms with Gasteiger partial charge in [-0.05, 0) is 36.8 Å². The zero-order valence-corrected chi connectivity index (χ0v) is 13.7. The molecule has 0 fully saturated rings. The second kappa shape index (κ2) is 5.45. The maximum Gasteiger partial charge on any atom is 0.259 e. The molecule has 4 rings (SSSR count). The molecular formula is C17H17N3O2S. The highest BCUT2D eigenvalue weighted by Crippen LogP contribution is 2.35. The molecule has 0 bridgehead atoms. The first-order valence-corrected chi connectivity index (χ1v) is 8.62. The van der Waals surface area contributed by atoms with E-state index >= 15 is 0 Å². The zero-order chi connectivity index (χ0) is 16.0. The summed E-state index contributed by atoms with van der Waals surface area (Å²) in [5, 5.41) is 0.751. The minimum Gasteiger partial charge on any atom is -0.308 e. The Hall–Kier alpha value is -2.21. The van der Waals surface area contributed by atoms with E-state index in [4.69, 9.17) is 0 Å². The Bertz CT molecular complexity index is 999. The normalized spacial score (nSPS) is 17.3. The van der Waals surface area contributed by atoms with E-state index in [0.717, 1.165) is 29.5 Å². The minimum absolute atomic E-state index is 0.0824. The Morgan fingerprint density at radius 1 is 1.39 bits per heavy atom. The van der Waals surface area contributed by atoms with Crippen molar-refractivity contribution in [3.63, 3.8) is 0 Å². The van der Waals surface area contributed by atoms with Crippen molar-refractivity contribution in [1.82, 2.24) is 14.5 Å². The Balaban J connectivity index is 1.80. The van der Waals surface area contributed by atoms with Gasteiger partial charge in [-0.15, -0.1) is 11.3 Å². The van der Waals surface area contributed by atoms with Crippen molar-refractivity contribution in [2.45, 2.75) is 32.7 Å². The summed E-state index contributed by atoms with van der Waals surface area (Å²) in [7, 11) is 0. The molecule has 6 heteroatoms. The molecular weight excluding hydrogens is 310 g/mol. The lowest BCUT2D eigenvalue weighted by Crippen LogP contribution is -2.22. The average Bonchev–Trinajstić information content (AvgIpc) is 2.87. The highest BCUT2D eigenvalue weighted by Gasteiger charge is 2.23. The summed E-state index contributed by atoms with van der Waals surface area (Å²) in [6, 6.07) is 5.00. The number of fused-ring (bicyclic) bond motifs is 3. The predicted octanol–water partition coefficient (Wildman–Crippen LogP) is 2.32. The molecule has 1 aliphatic carbocycles. The van der Waals surface area contributed by atoms with E-state index in [0.29, 0.717) is 11.7 Å². The molecule has 1 atom stereocenters. The number of aromatic amines is 1. The van der Waals surface area contributed by atoms with Crippen molar-refractivity contribution in [1.29, 1.82) is 0 Å². The molecule has 3 aromatic heterocycles. The van der Waals surface area contributed by atoms with Crippen LogP contribution in [0.4, 0.5) is 0 Å². The Morgan fingerprint density at radius 3 is 3.09 bits per heavy atom. The number of aryl methyl sites for hydroxylation is 1. The van der Waals surface area contributed by atoms with Crippen molar-refractivity contribution in [3.8, 4) is 0 Å². The molecule has 1 unspecified atom stereocenters. The average molecular weight is 327 g/mol. The lowest BCUT2D eigenvalue weighted by atomic mass is 9.89. The maximum absolute atomic E-state index is 12.5. The lowest BCUT2D eigenvalue weighted by Gasteiger charge is -2.17. The van der Waals surface area contributed by atoms with Crippen molar-refractivity contribution in [2.75, 3.05) is 0 Å². The maximum atomic E-state index is 12.5. The molecule has 5 nitrogen and oxygen atoms in total. The van der Waals surface area contributed by atoms with E-state index in [1.165, 1.54) is 16.5 Å². The number of hydrogen-bond acceptors (Lipinski definition) is 4. The summed E-state index contributed by atoms with van der Waals surface area (Å²) >= 11 is 1.63. The number of hydrogen-bond donors (Lipinski definition) is 1. The molecule has 0 radical (unpaired) electrons. The van der Waals surface area contributed by atoms with E-state index in [-0.39, 0.29) is 17.7 Å². The van der Waals surface area contributed by atoms with E-state index in [1.54, 1.807) is 34.2 Å². The Morgan fingerprint density at radius 2 is 2.26 bits per heavy atom. The number of nitrogens with zero attached hydrogens (tertiary/aromatic N) is 2. The molecule has 3 aromatic rings. The quantitative estimate of drug-likeness (QED) is 0.785. The third-order valence-corrected chi connectivity index (χ3v) is 5.58. The van der Waals surface area contributed by atoms with Gasteiger partial charge in [0.1, 0.15) is 10.7 Å². The summed E-state index contributed by atoms with van der Waals surface area (Å²) in [6.45, 7) is 2.53. The molecule has 23 heavy (non-hydrogen) atoms. The zero-order valence-electron chi connectivity index (χ0n) is 12.8. The predicted molar refractivity (Wildman–Crippen MR) is 91.2 cm³/mol. The van der Waals surface area contributed by atoms with Gasteiger partial charge in [-0.25, -0.2) is 4.98 Å². The van der Waals surface area contributed by atoms with Gasteiger partial charge >= 0.3 is 0 Å². The summed E-state index contributed by atoms with van der Waals surface area (Å²) in [4.78, 5) is 33.9. The Labute approximate surface area is 136 Å². The van der Waals surface area contributed by atoms with Gasteiger partial charge in [0, 0.05) is 17.1 Å². The highest BCUT2D eigenvalue weighted by atomic mass is 32.1. The minimum atomic E-state index is -0.102. The summed E-state index contributed by atoms with van der Waals surface area (Å²) in [6.07, 6.45) is 4.81. The summed E-state index contributed by atoms with van der Waals surface area (Å²) in [5.74, 6) is 1.19. The fourth-order valence-electron chi connectivity index (χ4n) is 3.22. The van der Waals surface area contributed by atoms with Gasteiger partial charge in [-0.2, -0.15) is 0 Å². The van der Waals surface area contributed by atoms with Crippen LogP contribution in [0.5, 0.6) is 0 Å². The molecule has 0 aliphatic heterocycles. The number of rotatable bonds is 2. The molecule has 3 heterocycles. The van der Waals surface area contributed by atoms with Crippen LogP contribution in [-0.4, -0.2) is 14.5 Å². The SMILES string of the molecule is CC1CCc2c(sc3nc(Cn4ccccc4=O)[nH]c(=O)c23)C1. The molecule has 118 valence electrons. The fourth-order valence-corrected chi connectivity index (χ4v) is 4.62. The summed E-state index contributed by atoms with van der Waals surface area (Å²) < 4.78 is 1.54. The summed E-state index contributed by atoms with van der Waals surface area (Å²) in [5.41, 5.74) is 0.996. The van der Waals surface area contributed by atoms with Gasteiger partial charge in [-0.1, -0.05) is 13.0 Å². The molecule has 0 saturated heterocycles. The molecule has 1 aliphatic rings. The van der Waals surface area contributed by atoms with Crippen LogP contribution in [0.25, 0.3) is 10.2 Å². The first-order chi connectivity index (χ1) is 11.1. The molecule has 0 saturated carbocycles. The van der Waals surface area contributed by atoms with E-state index in [2.05, 4.69) is 16.9 Å². The molecule has 1 N–H and O–H groups in total. The van der Waals surface area contributed by atoms with Crippen LogP contribution < -0.4 is 11.1 Å². The third-order valence-electron chi connectivity index (χ3n) is 4.43. The lowest BCUT2D eigenvalue weighted by molar-refractivity contribution is 0.509. The molecule has 0 spiro atoms. The second-order valence-electron chi connectivity index (χ2n) is 6.21. The van der Waals surface area contributed by atoms with Crippen molar-refractivity contribution >= 4 is 21.6 Å². The number of thiophene rings is 1. The van der Waals surface area contributed by atoms with Crippen LogP contribution >= 0.6 is 11.3 Å². The highest BCUT2D eigenvalue weighted by molar-refractivity contribution is 7.18. The molecule has 0 amide bonds. The van der Waals surface area contributed by atoms with Crippen LogP contribution in [0.3, 0.4) is 0 Å². The number of H-pyrrole nitrogens is 1. The Kier molecular flexibility index (Phi) is 3.41. The van der Waals surface area contributed by atoms with Gasteiger partial charge in [0.2, 0.25) is 0 Å². The van der Waals surface area contributed by atoms with Gasteiger partial charge in [0.05, 0.1) is 11.9 Å². The van der Waals surface area contributed by atoms with Crippen LogP contribution in [0.2, 0.25) is 0 Å². The van der Waals surface area contributed by atoms with Crippen molar-refractivity contribution in [2.24, 2.45) is 5.92 Å². The number of nitrogens with one attached hydrogen (secondary N) is 1.